The predicted octanol–water partition coefficient (Wildman–Crippen LogP) is 3.68. The third-order valence-electron chi connectivity index (χ3n) is 3.00. The van der Waals surface area contributed by atoms with Gasteiger partial charge in [-0.15, -0.1) is 0 Å². The van der Waals surface area contributed by atoms with Crippen LogP contribution < -0.4 is 10.2 Å². The van der Waals surface area contributed by atoms with Gasteiger partial charge >= 0.3 is 0 Å². The molecule has 1 amide bonds. The van der Waals surface area contributed by atoms with Crippen LogP contribution in [-0.4, -0.2) is 18.2 Å². The van der Waals surface area contributed by atoms with Crippen LogP contribution in [0, 0.1) is 6.92 Å². The van der Waals surface area contributed by atoms with Crippen molar-refractivity contribution in [2.24, 2.45) is 5.10 Å². The van der Waals surface area contributed by atoms with Gasteiger partial charge in [0, 0.05) is 4.47 Å². The van der Waals surface area contributed by atoms with E-state index in [0.29, 0.717) is 5.75 Å². The van der Waals surface area contributed by atoms with Crippen LogP contribution in [0.4, 0.5) is 0 Å². The van der Waals surface area contributed by atoms with Crippen molar-refractivity contribution in [1.29, 1.82) is 0 Å². The van der Waals surface area contributed by atoms with Crippen molar-refractivity contribution in [3.63, 3.8) is 0 Å². The van der Waals surface area contributed by atoms with Gasteiger partial charge in [0.1, 0.15) is 5.75 Å². The number of halogens is 1. The van der Waals surface area contributed by atoms with Crippen LogP contribution in [0.1, 0.15) is 18.1 Å². The number of hydrogen-bond acceptors (Lipinski definition) is 3. The van der Waals surface area contributed by atoms with E-state index >= 15 is 0 Å². The van der Waals surface area contributed by atoms with Gasteiger partial charge in [-0.3, -0.25) is 4.79 Å². The van der Waals surface area contributed by atoms with Gasteiger partial charge in [0.05, 0.1) is 5.71 Å². The van der Waals surface area contributed by atoms with Crippen LogP contribution in [0.15, 0.2) is 58.1 Å². The number of nitrogens with zero attached hydrogens (tertiary/aromatic N) is 1. The zero-order valence-corrected chi connectivity index (χ0v) is 14.1. The molecule has 0 radical (unpaired) electrons. The van der Waals surface area contributed by atoms with Crippen LogP contribution in [0.3, 0.4) is 0 Å². The minimum atomic E-state index is -0.294. The number of carbonyl (C=O) groups excluding carboxylic acids is 1. The molecular weight excluding hydrogens is 344 g/mol. The molecule has 0 saturated heterocycles. The van der Waals surface area contributed by atoms with E-state index in [1.807, 2.05) is 62.4 Å². The molecule has 0 bridgehead atoms. The number of hydrogen-bond donors (Lipinski definition) is 1. The topological polar surface area (TPSA) is 50.7 Å². The van der Waals surface area contributed by atoms with Crippen LogP contribution in [-0.2, 0) is 4.79 Å². The van der Waals surface area contributed by atoms with Crippen molar-refractivity contribution in [3.05, 3.63) is 64.1 Å². The zero-order valence-electron chi connectivity index (χ0n) is 12.5. The number of rotatable bonds is 5. The average molecular weight is 361 g/mol. The van der Waals surface area contributed by atoms with Crippen molar-refractivity contribution in [2.75, 3.05) is 6.61 Å². The fraction of sp³-hybridized carbons (Fsp3) is 0.176. The van der Waals surface area contributed by atoms with Gasteiger partial charge in [0.15, 0.2) is 6.61 Å². The smallest absolute Gasteiger partial charge is 0.277 e. The quantitative estimate of drug-likeness (QED) is 0.653. The first-order valence-electron chi connectivity index (χ1n) is 6.83. The minimum Gasteiger partial charge on any atom is -0.484 e. The normalized spacial score (nSPS) is 11.1. The van der Waals surface area contributed by atoms with Crippen molar-refractivity contribution in [2.45, 2.75) is 13.8 Å². The molecular formula is C17H17BrN2O2. The summed E-state index contributed by atoms with van der Waals surface area (Å²) in [6.07, 6.45) is 0. The summed E-state index contributed by atoms with van der Waals surface area (Å²) < 4.78 is 6.39. The Balaban J connectivity index is 1.85. The van der Waals surface area contributed by atoms with Crippen LogP contribution in [0.25, 0.3) is 0 Å². The molecule has 0 saturated carbocycles. The summed E-state index contributed by atoms with van der Waals surface area (Å²) in [7, 11) is 0. The summed E-state index contributed by atoms with van der Waals surface area (Å²) in [5.74, 6) is 0.367. The lowest BCUT2D eigenvalue weighted by atomic mass is 10.1. The summed E-state index contributed by atoms with van der Waals surface area (Å²) >= 11 is 3.38. The molecule has 114 valence electrons. The van der Waals surface area contributed by atoms with Gasteiger partial charge in [-0.2, -0.15) is 5.10 Å². The fourth-order valence-electron chi connectivity index (χ4n) is 1.72. The monoisotopic (exact) mass is 360 g/mol. The third kappa shape index (κ3) is 5.00. The lowest BCUT2D eigenvalue weighted by Crippen LogP contribution is -2.25. The molecule has 5 heteroatoms. The highest BCUT2D eigenvalue weighted by atomic mass is 79.9. The Morgan fingerprint density at radius 3 is 2.41 bits per heavy atom. The van der Waals surface area contributed by atoms with Crippen molar-refractivity contribution < 1.29 is 9.53 Å². The number of carbonyl (C=O) groups is 1. The molecule has 1 N–H and O–H groups in total. The number of amides is 1. The number of hydrazone groups is 1. The highest BCUT2D eigenvalue weighted by molar-refractivity contribution is 9.10. The Labute approximate surface area is 138 Å². The third-order valence-corrected chi connectivity index (χ3v) is 3.53. The molecule has 0 spiro atoms. The van der Waals surface area contributed by atoms with Gasteiger partial charge in [0.2, 0.25) is 0 Å². The van der Waals surface area contributed by atoms with E-state index in [2.05, 4.69) is 26.5 Å². The molecule has 4 nitrogen and oxygen atoms in total. The van der Waals surface area contributed by atoms with E-state index in [1.54, 1.807) is 0 Å². The van der Waals surface area contributed by atoms with E-state index in [1.165, 1.54) is 0 Å². The largest absolute Gasteiger partial charge is 0.484 e. The van der Waals surface area contributed by atoms with Gasteiger partial charge in [-0.05, 0) is 43.7 Å². The van der Waals surface area contributed by atoms with Crippen molar-refractivity contribution in [1.82, 2.24) is 5.43 Å². The Bertz CT molecular complexity index is 664. The van der Waals surface area contributed by atoms with Gasteiger partial charge in [-0.1, -0.05) is 45.8 Å². The van der Waals surface area contributed by atoms with E-state index in [4.69, 9.17) is 4.74 Å². The SMILES string of the molecule is C/C(=N\NC(=O)COc1ccc(C)cc1)c1ccc(Br)cc1. The molecule has 0 fully saturated rings. The molecule has 2 aromatic rings. The van der Waals surface area contributed by atoms with Gasteiger partial charge in [0.25, 0.3) is 5.91 Å². The number of nitrogens with one attached hydrogen (secondary N) is 1. The fourth-order valence-corrected chi connectivity index (χ4v) is 1.98. The molecule has 2 rings (SSSR count). The Hall–Kier alpha value is -2.14. The summed E-state index contributed by atoms with van der Waals surface area (Å²) in [6.45, 7) is 3.76. The first-order valence-corrected chi connectivity index (χ1v) is 7.62. The maximum Gasteiger partial charge on any atom is 0.277 e. The molecule has 0 atom stereocenters. The van der Waals surface area contributed by atoms with Crippen molar-refractivity contribution >= 4 is 27.5 Å². The second-order valence-electron chi connectivity index (χ2n) is 4.84. The molecule has 0 aromatic heterocycles. The highest BCUT2D eigenvalue weighted by Gasteiger charge is 2.03. The molecule has 0 heterocycles. The Morgan fingerprint density at radius 2 is 1.77 bits per heavy atom. The molecule has 0 aliphatic rings. The van der Waals surface area contributed by atoms with Crippen LogP contribution >= 0.6 is 15.9 Å². The summed E-state index contributed by atoms with van der Waals surface area (Å²) in [5, 5.41) is 4.07. The molecule has 0 aliphatic carbocycles. The number of aryl methyl sites for hydroxylation is 1. The van der Waals surface area contributed by atoms with Crippen molar-refractivity contribution in [3.8, 4) is 5.75 Å². The summed E-state index contributed by atoms with van der Waals surface area (Å²) in [5.41, 5.74) is 5.31. The van der Waals surface area contributed by atoms with E-state index < -0.39 is 0 Å². The van der Waals surface area contributed by atoms with E-state index in [9.17, 15) is 4.79 Å². The maximum atomic E-state index is 11.7. The first kappa shape index (κ1) is 16.2. The minimum absolute atomic E-state index is 0.0693. The lowest BCUT2D eigenvalue weighted by molar-refractivity contribution is -0.123. The molecule has 2 aromatic carbocycles. The first-order chi connectivity index (χ1) is 10.5. The molecule has 0 aliphatic heterocycles. The van der Waals surface area contributed by atoms with Gasteiger partial charge < -0.3 is 4.74 Å². The van der Waals surface area contributed by atoms with E-state index in [0.717, 1.165) is 21.3 Å². The maximum absolute atomic E-state index is 11.7. The van der Waals surface area contributed by atoms with E-state index in [-0.39, 0.29) is 12.5 Å². The summed E-state index contributed by atoms with van der Waals surface area (Å²) in [6, 6.07) is 15.2. The summed E-state index contributed by atoms with van der Waals surface area (Å²) in [4.78, 5) is 11.7. The zero-order chi connectivity index (χ0) is 15.9. The molecule has 0 unspecified atom stereocenters. The second kappa shape index (κ2) is 7.75. The number of benzene rings is 2. The van der Waals surface area contributed by atoms with Crippen LogP contribution in [0.2, 0.25) is 0 Å². The molecule has 22 heavy (non-hydrogen) atoms. The predicted molar refractivity (Wildman–Crippen MR) is 91.2 cm³/mol. The Kier molecular flexibility index (Phi) is 5.72. The average Bonchev–Trinajstić information content (AvgIpc) is 2.52. The second-order valence-corrected chi connectivity index (χ2v) is 5.76. The Morgan fingerprint density at radius 1 is 1.14 bits per heavy atom. The standard InChI is InChI=1S/C17H17BrN2O2/c1-12-3-9-16(10-4-12)22-11-17(21)20-19-13(2)14-5-7-15(18)8-6-14/h3-10H,11H2,1-2H3,(H,20,21)/b19-13+. The number of ether oxygens (including phenoxy) is 1. The van der Waals surface area contributed by atoms with Crippen LogP contribution in [0.5, 0.6) is 5.75 Å². The van der Waals surface area contributed by atoms with Gasteiger partial charge in [-0.25, -0.2) is 5.43 Å². The highest BCUT2D eigenvalue weighted by Crippen LogP contribution is 2.12. The lowest BCUT2D eigenvalue weighted by Gasteiger charge is -2.06.